The van der Waals surface area contributed by atoms with Crippen molar-refractivity contribution in [1.82, 2.24) is 5.32 Å². The van der Waals surface area contributed by atoms with Crippen LogP contribution >= 0.6 is 15.9 Å². The Labute approximate surface area is 129 Å². The Morgan fingerprint density at radius 1 is 1.15 bits per heavy atom. The molecule has 108 valence electrons. The van der Waals surface area contributed by atoms with Crippen LogP contribution in [0.4, 0.5) is 0 Å². The third-order valence-corrected chi connectivity index (χ3v) is 5.98. The van der Waals surface area contributed by atoms with Crippen LogP contribution in [0.15, 0.2) is 24.3 Å². The highest BCUT2D eigenvalue weighted by atomic mass is 79.9. The molecule has 0 spiro atoms. The molecule has 3 heteroatoms. The highest BCUT2D eigenvalue weighted by Gasteiger charge is 2.28. The van der Waals surface area contributed by atoms with Gasteiger partial charge in [-0.1, -0.05) is 53.0 Å². The predicted octanol–water partition coefficient (Wildman–Crippen LogP) is 3.47. The molecule has 1 aromatic rings. The zero-order valence-corrected chi connectivity index (χ0v) is 13.4. The van der Waals surface area contributed by atoms with Gasteiger partial charge >= 0.3 is 0 Å². The van der Waals surface area contributed by atoms with E-state index in [9.17, 15) is 4.79 Å². The molecular formula is C17H22BrNO. The molecular weight excluding hydrogens is 314 g/mol. The van der Waals surface area contributed by atoms with E-state index in [-0.39, 0.29) is 11.8 Å². The molecule has 1 N–H and O–H groups in total. The summed E-state index contributed by atoms with van der Waals surface area (Å²) in [7, 11) is 0. The van der Waals surface area contributed by atoms with Gasteiger partial charge < -0.3 is 5.32 Å². The summed E-state index contributed by atoms with van der Waals surface area (Å²) >= 11 is 3.76. The second kappa shape index (κ2) is 6.30. The van der Waals surface area contributed by atoms with Gasteiger partial charge in [0.1, 0.15) is 0 Å². The largest absolute Gasteiger partial charge is 0.356 e. The summed E-state index contributed by atoms with van der Waals surface area (Å²) in [5.41, 5.74) is 2.70. The molecule has 1 aromatic carbocycles. The number of carbonyl (C=O) groups excluding carboxylic acids is 1. The van der Waals surface area contributed by atoms with Crippen LogP contribution in [0.25, 0.3) is 0 Å². The molecule has 0 saturated heterocycles. The quantitative estimate of drug-likeness (QED) is 0.842. The summed E-state index contributed by atoms with van der Waals surface area (Å²) < 4.78 is 0. The molecule has 2 atom stereocenters. The standard InChI is InChI=1S/C17H22BrNO/c18-16-8-4-3-7-14(16)11-19-17(20)15-9-12-5-1-2-6-13(12)10-15/h1-2,5-6,14-16H,3-4,7-11H2,(H,19,20). The number of hydrogen-bond donors (Lipinski definition) is 1. The first-order valence-electron chi connectivity index (χ1n) is 7.72. The van der Waals surface area contributed by atoms with E-state index in [2.05, 4.69) is 45.5 Å². The number of alkyl halides is 1. The molecule has 1 saturated carbocycles. The molecule has 0 bridgehead atoms. The number of halogens is 1. The van der Waals surface area contributed by atoms with Crippen molar-refractivity contribution in [1.29, 1.82) is 0 Å². The number of nitrogens with one attached hydrogen (secondary N) is 1. The molecule has 0 aromatic heterocycles. The normalized spacial score (nSPS) is 26.2. The van der Waals surface area contributed by atoms with Crippen LogP contribution in [-0.4, -0.2) is 17.3 Å². The fraction of sp³-hybridized carbons (Fsp3) is 0.588. The van der Waals surface area contributed by atoms with Gasteiger partial charge in [-0.3, -0.25) is 4.79 Å². The minimum absolute atomic E-state index is 0.143. The van der Waals surface area contributed by atoms with Gasteiger partial charge in [0, 0.05) is 17.3 Å². The van der Waals surface area contributed by atoms with Crippen LogP contribution in [0.1, 0.15) is 36.8 Å². The lowest BCUT2D eigenvalue weighted by atomic mass is 9.89. The number of hydrogen-bond acceptors (Lipinski definition) is 1. The number of amides is 1. The molecule has 0 heterocycles. The Morgan fingerprint density at radius 2 is 1.80 bits per heavy atom. The van der Waals surface area contributed by atoms with Crippen LogP contribution in [0.3, 0.4) is 0 Å². The second-order valence-corrected chi connectivity index (χ2v) is 7.36. The lowest BCUT2D eigenvalue weighted by Gasteiger charge is -2.27. The molecule has 20 heavy (non-hydrogen) atoms. The van der Waals surface area contributed by atoms with Crippen LogP contribution in [0, 0.1) is 11.8 Å². The van der Waals surface area contributed by atoms with E-state index in [1.807, 2.05) is 0 Å². The van der Waals surface area contributed by atoms with Gasteiger partial charge in [0.15, 0.2) is 0 Å². The van der Waals surface area contributed by atoms with Crippen LogP contribution in [-0.2, 0) is 17.6 Å². The predicted molar refractivity (Wildman–Crippen MR) is 85.0 cm³/mol. The Balaban J connectivity index is 1.51. The minimum Gasteiger partial charge on any atom is -0.356 e. The van der Waals surface area contributed by atoms with E-state index in [0.717, 1.165) is 19.4 Å². The molecule has 2 aliphatic carbocycles. The number of benzene rings is 1. The average molecular weight is 336 g/mol. The van der Waals surface area contributed by atoms with Crippen molar-refractivity contribution in [3.63, 3.8) is 0 Å². The van der Waals surface area contributed by atoms with Crippen molar-refractivity contribution in [2.24, 2.45) is 11.8 Å². The zero-order chi connectivity index (χ0) is 13.9. The fourth-order valence-electron chi connectivity index (χ4n) is 3.51. The minimum atomic E-state index is 0.143. The van der Waals surface area contributed by atoms with Gasteiger partial charge in [-0.15, -0.1) is 0 Å². The smallest absolute Gasteiger partial charge is 0.223 e. The summed E-state index contributed by atoms with van der Waals surface area (Å²) in [6, 6.07) is 8.43. The van der Waals surface area contributed by atoms with Crippen molar-refractivity contribution in [2.45, 2.75) is 43.4 Å². The maximum absolute atomic E-state index is 12.3. The topological polar surface area (TPSA) is 29.1 Å². The fourth-order valence-corrected chi connectivity index (χ4v) is 4.29. The van der Waals surface area contributed by atoms with Crippen molar-refractivity contribution in [3.8, 4) is 0 Å². The SMILES string of the molecule is O=C(NCC1CCCCC1Br)C1Cc2ccccc2C1. The van der Waals surface area contributed by atoms with Gasteiger partial charge in [0.05, 0.1) is 0 Å². The van der Waals surface area contributed by atoms with E-state index in [4.69, 9.17) is 0 Å². The number of carbonyl (C=O) groups is 1. The molecule has 0 radical (unpaired) electrons. The molecule has 3 rings (SSSR count). The van der Waals surface area contributed by atoms with Gasteiger partial charge in [0.2, 0.25) is 5.91 Å². The third-order valence-electron chi connectivity index (χ3n) is 4.78. The maximum atomic E-state index is 12.3. The van der Waals surface area contributed by atoms with E-state index in [1.165, 1.54) is 36.8 Å². The van der Waals surface area contributed by atoms with Crippen molar-refractivity contribution >= 4 is 21.8 Å². The molecule has 1 fully saturated rings. The Kier molecular flexibility index (Phi) is 4.45. The Morgan fingerprint density at radius 3 is 2.45 bits per heavy atom. The maximum Gasteiger partial charge on any atom is 0.223 e. The summed E-state index contributed by atoms with van der Waals surface area (Å²) in [6.07, 6.45) is 6.92. The molecule has 2 aliphatic rings. The van der Waals surface area contributed by atoms with Gasteiger partial charge in [-0.05, 0) is 42.7 Å². The average Bonchev–Trinajstić information content (AvgIpc) is 2.90. The molecule has 2 unspecified atom stereocenters. The van der Waals surface area contributed by atoms with E-state index in [0.29, 0.717) is 10.7 Å². The Hall–Kier alpha value is -0.830. The zero-order valence-electron chi connectivity index (χ0n) is 11.8. The lowest BCUT2D eigenvalue weighted by Crippen LogP contribution is -2.38. The summed E-state index contributed by atoms with van der Waals surface area (Å²) in [5.74, 6) is 0.993. The molecule has 1 amide bonds. The van der Waals surface area contributed by atoms with Gasteiger partial charge in [-0.2, -0.15) is 0 Å². The lowest BCUT2D eigenvalue weighted by molar-refractivity contribution is -0.124. The van der Waals surface area contributed by atoms with E-state index in [1.54, 1.807) is 0 Å². The highest BCUT2D eigenvalue weighted by molar-refractivity contribution is 9.09. The van der Waals surface area contributed by atoms with Gasteiger partial charge in [0.25, 0.3) is 0 Å². The molecule has 0 aliphatic heterocycles. The van der Waals surface area contributed by atoms with Crippen LogP contribution in [0.5, 0.6) is 0 Å². The first-order valence-corrected chi connectivity index (χ1v) is 8.64. The van der Waals surface area contributed by atoms with Crippen molar-refractivity contribution in [3.05, 3.63) is 35.4 Å². The van der Waals surface area contributed by atoms with Crippen molar-refractivity contribution in [2.75, 3.05) is 6.54 Å². The molecule has 2 nitrogen and oxygen atoms in total. The first-order chi connectivity index (χ1) is 9.74. The van der Waals surface area contributed by atoms with Crippen molar-refractivity contribution < 1.29 is 4.79 Å². The first kappa shape index (κ1) is 14.1. The summed E-state index contributed by atoms with van der Waals surface area (Å²) in [5, 5.41) is 3.19. The number of rotatable bonds is 3. The Bertz CT molecular complexity index is 463. The summed E-state index contributed by atoms with van der Waals surface area (Å²) in [6.45, 7) is 0.835. The highest BCUT2D eigenvalue weighted by Crippen LogP contribution is 2.30. The van der Waals surface area contributed by atoms with Crippen LogP contribution in [0.2, 0.25) is 0 Å². The van der Waals surface area contributed by atoms with E-state index >= 15 is 0 Å². The van der Waals surface area contributed by atoms with Crippen LogP contribution < -0.4 is 5.32 Å². The van der Waals surface area contributed by atoms with E-state index < -0.39 is 0 Å². The van der Waals surface area contributed by atoms with Gasteiger partial charge in [-0.25, -0.2) is 0 Å². The monoisotopic (exact) mass is 335 g/mol. The second-order valence-electron chi connectivity index (χ2n) is 6.18. The number of fused-ring (bicyclic) bond motifs is 1. The third kappa shape index (κ3) is 3.08. The summed E-state index contributed by atoms with van der Waals surface area (Å²) in [4.78, 5) is 12.9.